The molecule has 2 rings (SSSR count). The van der Waals surface area contributed by atoms with E-state index in [1.54, 1.807) is 0 Å². The minimum absolute atomic E-state index is 0.00804. The number of alkyl halides is 3. The van der Waals surface area contributed by atoms with Gasteiger partial charge in [0.05, 0.1) is 11.5 Å². The van der Waals surface area contributed by atoms with E-state index in [0.29, 0.717) is 0 Å². The summed E-state index contributed by atoms with van der Waals surface area (Å²) < 4.78 is 39.0. The van der Waals surface area contributed by atoms with Crippen LogP contribution in [0.1, 0.15) is 61.8 Å². The molecule has 0 saturated heterocycles. The van der Waals surface area contributed by atoms with Gasteiger partial charge in [-0.2, -0.15) is 13.2 Å². The molecule has 0 fully saturated rings. The van der Waals surface area contributed by atoms with Gasteiger partial charge in [0.25, 0.3) is 0 Å². The van der Waals surface area contributed by atoms with E-state index in [2.05, 4.69) is 20.8 Å². The number of primary amides is 1. The number of carbonyl (C=O) groups is 1. The van der Waals surface area contributed by atoms with Gasteiger partial charge in [-0.3, -0.25) is 4.79 Å². The second-order valence-electron chi connectivity index (χ2n) is 7.66. The second-order valence-corrected chi connectivity index (χ2v) is 7.66. The summed E-state index contributed by atoms with van der Waals surface area (Å²) in [6, 6.07) is 12.6. The maximum absolute atomic E-state index is 13.0. The Morgan fingerprint density at radius 3 is 1.96 bits per heavy atom. The Balaban J connectivity index is 2.40. The van der Waals surface area contributed by atoms with Gasteiger partial charge in [0.2, 0.25) is 5.91 Å². The Labute approximate surface area is 152 Å². The molecule has 140 valence electrons. The fourth-order valence-corrected chi connectivity index (χ4v) is 3.09. The Morgan fingerprint density at radius 1 is 0.923 bits per heavy atom. The highest BCUT2D eigenvalue weighted by atomic mass is 19.4. The molecule has 2 nitrogen and oxygen atoms in total. The van der Waals surface area contributed by atoms with E-state index >= 15 is 0 Å². The van der Waals surface area contributed by atoms with E-state index in [1.807, 2.05) is 31.2 Å². The quantitative estimate of drug-likeness (QED) is 0.779. The topological polar surface area (TPSA) is 43.1 Å². The van der Waals surface area contributed by atoms with Gasteiger partial charge in [0, 0.05) is 0 Å². The number of carbonyl (C=O) groups excluding carboxylic acids is 1. The van der Waals surface area contributed by atoms with Crippen LogP contribution in [0.25, 0.3) is 0 Å². The molecule has 2 aromatic carbocycles. The average Bonchev–Trinajstić information content (AvgIpc) is 2.53. The van der Waals surface area contributed by atoms with Crippen LogP contribution in [0, 0.1) is 0 Å². The van der Waals surface area contributed by atoms with Crippen LogP contribution in [0.5, 0.6) is 0 Å². The van der Waals surface area contributed by atoms with Gasteiger partial charge >= 0.3 is 6.18 Å². The van der Waals surface area contributed by atoms with Gasteiger partial charge in [-0.05, 0) is 34.1 Å². The first-order valence-corrected chi connectivity index (χ1v) is 8.48. The fourth-order valence-electron chi connectivity index (χ4n) is 3.09. The molecule has 2 aromatic rings. The van der Waals surface area contributed by atoms with Crippen molar-refractivity contribution in [2.24, 2.45) is 5.73 Å². The van der Waals surface area contributed by atoms with Crippen molar-refractivity contribution in [1.82, 2.24) is 0 Å². The monoisotopic (exact) mass is 363 g/mol. The van der Waals surface area contributed by atoms with Crippen molar-refractivity contribution in [1.29, 1.82) is 0 Å². The van der Waals surface area contributed by atoms with Crippen LogP contribution in [0.4, 0.5) is 13.2 Å². The minimum atomic E-state index is -4.46. The predicted molar refractivity (Wildman–Crippen MR) is 96.9 cm³/mol. The lowest BCUT2D eigenvalue weighted by Crippen LogP contribution is -2.26. The number of benzene rings is 2. The standard InChI is InChI=1S/C21H24F3NO/c1-13(14-8-10-16(11-9-14)20(2,3)4)18(19(25)26)15-6-5-7-17(12-15)21(22,23)24/h5-13,18H,1-4H3,(H2,25,26). The fraction of sp³-hybridized carbons (Fsp3) is 0.381. The van der Waals surface area contributed by atoms with Crippen molar-refractivity contribution in [3.63, 3.8) is 0 Å². The highest BCUT2D eigenvalue weighted by molar-refractivity contribution is 5.83. The zero-order chi connectivity index (χ0) is 19.7. The molecule has 0 aliphatic rings. The van der Waals surface area contributed by atoms with E-state index in [1.165, 1.54) is 12.1 Å². The van der Waals surface area contributed by atoms with E-state index in [0.717, 1.165) is 23.3 Å². The lowest BCUT2D eigenvalue weighted by atomic mass is 9.80. The van der Waals surface area contributed by atoms with Crippen molar-refractivity contribution in [2.75, 3.05) is 0 Å². The molecule has 0 aliphatic carbocycles. The van der Waals surface area contributed by atoms with Crippen LogP contribution in [0.3, 0.4) is 0 Å². The summed E-state index contributed by atoms with van der Waals surface area (Å²) in [5.74, 6) is -1.82. The molecule has 1 amide bonds. The maximum atomic E-state index is 13.0. The van der Waals surface area contributed by atoms with Crippen molar-refractivity contribution in [3.05, 3.63) is 70.8 Å². The molecule has 2 N–H and O–H groups in total. The van der Waals surface area contributed by atoms with Crippen molar-refractivity contribution in [2.45, 2.75) is 51.1 Å². The summed E-state index contributed by atoms with van der Waals surface area (Å²) in [5.41, 5.74) is 7.04. The lowest BCUT2D eigenvalue weighted by molar-refractivity contribution is -0.137. The third-order valence-electron chi connectivity index (χ3n) is 4.68. The van der Waals surface area contributed by atoms with Crippen LogP contribution < -0.4 is 5.73 Å². The van der Waals surface area contributed by atoms with Crippen LogP contribution in [0.2, 0.25) is 0 Å². The van der Waals surface area contributed by atoms with E-state index < -0.39 is 23.6 Å². The molecular formula is C21H24F3NO. The molecule has 26 heavy (non-hydrogen) atoms. The summed E-state index contributed by atoms with van der Waals surface area (Å²) in [5, 5.41) is 0. The Morgan fingerprint density at radius 2 is 1.50 bits per heavy atom. The lowest BCUT2D eigenvalue weighted by Gasteiger charge is -2.24. The van der Waals surface area contributed by atoms with Crippen LogP contribution in [-0.2, 0) is 16.4 Å². The molecule has 0 aliphatic heterocycles. The largest absolute Gasteiger partial charge is 0.416 e. The molecule has 0 bridgehead atoms. The van der Waals surface area contributed by atoms with Gasteiger partial charge < -0.3 is 5.73 Å². The molecule has 5 heteroatoms. The Kier molecular flexibility index (Phi) is 5.49. The number of hydrogen-bond acceptors (Lipinski definition) is 1. The first-order chi connectivity index (χ1) is 11.9. The first-order valence-electron chi connectivity index (χ1n) is 8.48. The van der Waals surface area contributed by atoms with Crippen molar-refractivity contribution < 1.29 is 18.0 Å². The van der Waals surface area contributed by atoms with Crippen LogP contribution in [0.15, 0.2) is 48.5 Å². The highest BCUT2D eigenvalue weighted by Crippen LogP contribution is 2.36. The molecule has 0 saturated carbocycles. The summed E-state index contributed by atoms with van der Waals surface area (Å²) in [6.45, 7) is 8.10. The van der Waals surface area contributed by atoms with E-state index in [-0.39, 0.29) is 16.9 Å². The van der Waals surface area contributed by atoms with Crippen molar-refractivity contribution >= 4 is 5.91 Å². The molecule has 0 radical (unpaired) electrons. The molecule has 0 heterocycles. The molecule has 2 atom stereocenters. The Hall–Kier alpha value is -2.30. The summed E-state index contributed by atoms with van der Waals surface area (Å²) in [6.07, 6.45) is -4.46. The second kappa shape index (κ2) is 7.14. The third-order valence-corrected chi connectivity index (χ3v) is 4.68. The van der Waals surface area contributed by atoms with E-state index in [9.17, 15) is 18.0 Å². The van der Waals surface area contributed by atoms with Gasteiger partial charge in [-0.1, -0.05) is 70.2 Å². The molecule has 2 unspecified atom stereocenters. The molecule has 0 aromatic heterocycles. The van der Waals surface area contributed by atoms with Crippen molar-refractivity contribution in [3.8, 4) is 0 Å². The SMILES string of the molecule is CC(c1ccc(C(C)(C)C)cc1)C(C(N)=O)c1cccc(C(F)(F)F)c1. The number of rotatable bonds is 4. The number of halogens is 3. The summed E-state index contributed by atoms with van der Waals surface area (Å²) in [4.78, 5) is 12.0. The number of hydrogen-bond donors (Lipinski definition) is 1. The zero-order valence-electron chi connectivity index (χ0n) is 15.4. The van der Waals surface area contributed by atoms with E-state index in [4.69, 9.17) is 5.73 Å². The smallest absolute Gasteiger partial charge is 0.369 e. The number of nitrogens with two attached hydrogens (primary N) is 1. The molecular weight excluding hydrogens is 339 g/mol. The third kappa shape index (κ3) is 4.45. The van der Waals surface area contributed by atoms with Gasteiger partial charge in [0.15, 0.2) is 0 Å². The summed E-state index contributed by atoms with van der Waals surface area (Å²) >= 11 is 0. The van der Waals surface area contributed by atoms with Gasteiger partial charge in [-0.25, -0.2) is 0 Å². The van der Waals surface area contributed by atoms with Gasteiger partial charge in [-0.15, -0.1) is 0 Å². The predicted octanol–water partition coefficient (Wildman–Crippen LogP) is 5.38. The highest BCUT2D eigenvalue weighted by Gasteiger charge is 2.33. The van der Waals surface area contributed by atoms with Gasteiger partial charge in [0.1, 0.15) is 0 Å². The normalized spacial score (nSPS) is 14.7. The zero-order valence-corrected chi connectivity index (χ0v) is 15.4. The number of amides is 1. The van der Waals surface area contributed by atoms with Crippen LogP contribution >= 0.6 is 0 Å². The maximum Gasteiger partial charge on any atom is 0.416 e. The molecule has 0 spiro atoms. The minimum Gasteiger partial charge on any atom is -0.369 e. The average molecular weight is 363 g/mol. The first kappa shape index (κ1) is 20.0. The summed E-state index contributed by atoms with van der Waals surface area (Å²) in [7, 11) is 0. The van der Waals surface area contributed by atoms with Crippen LogP contribution in [-0.4, -0.2) is 5.91 Å². The Bertz CT molecular complexity index is 773.